The largest absolute Gasteiger partial charge is 0.468 e. The second-order valence-electron chi connectivity index (χ2n) is 7.68. The number of methoxy groups -OCH3 is 1. The Labute approximate surface area is 200 Å². The lowest BCUT2D eigenvalue weighted by molar-refractivity contribution is -0.138. The summed E-state index contributed by atoms with van der Waals surface area (Å²) in [5.74, 6) is -0.759. The highest BCUT2D eigenvalue weighted by atomic mass is 32.2. The minimum Gasteiger partial charge on any atom is -0.468 e. The fraction of sp³-hybridized carbons (Fsp3) is 0.208. The van der Waals surface area contributed by atoms with Gasteiger partial charge in [-0.25, -0.2) is 16.8 Å². The average Bonchev–Trinajstić information content (AvgIpc) is 2.82. The van der Waals surface area contributed by atoms with Gasteiger partial charge in [-0.05, 0) is 61.7 Å². The van der Waals surface area contributed by atoms with Crippen molar-refractivity contribution >= 4 is 37.4 Å². The van der Waals surface area contributed by atoms with Crippen LogP contribution in [0.15, 0.2) is 76.5 Å². The predicted octanol–water partition coefficient (Wildman–Crippen LogP) is 3.78. The van der Waals surface area contributed by atoms with Crippen LogP contribution < -0.4 is 9.03 Å². The van der Waals surface area contributed by atoms with Crippen molar-refractivity contribution in [2.45, 2.75) is 30.6 Å². The van der Waals surface area contributed by atoms with Crippen molar-refractivity contribution in [2.75, 3.05) is 22.7 Å². The number of hydrogen-bond donors (Lipinski definition) is 1. The van der Waals surface area contributed by atoms with Gasteiger partial charge in [0.2, 0.25) is 0 Å². The van der Waals surface area contributed by atoms with E-state index >= 15 is 0 Å². The second-order valence-corrected chi connectivity index (χ2v) is 11.2. The minimum absolute atomic E-state index is 0.00954. The van der Waals surface area contributed by atoms with E-state index in [0.29, 0.717) is 16.7 Å². The zero-order valence-electron chi connectivity index (χ0n) is 19.3. The lowest BCUT2D eigenvalue weighted by atomic mass is 10.0. The number of esters is 1. The number of hydrogen-bond acceptors (Lipinski definition) is 6. The average molecular weight is 503 g/mol. The van der Waals surface area contributed by atoms with E-state index in [1.807, 2.05) is 0 Å². The molecule has 34 heavy (non-hydrogen) atoms. The van der Waals surface area contributed by atoms with Crippen LogP contribution in [0.1, 0.15) is 16.7 Å². The number of carbonyl (C=O) groups excluding carboxylic acids is 1. The SMILES string of the molecule is COC(=O)CN(c1c(C)cc(C)c(NS(=O)(=O)c2ccccc2)c1C)S(=O)(=O)c1ccccc1. The topological polar surface area (TPSA) is 110 Å². The molecular formula is C24H26N2O6S2. The Hall–Kier alpha value is -3.37. The minimum atomic E-state index is -4.17. The van der Waals surface area contributed by atoms with Gasteiger partial charge in [-0.3, -0.25) is 13.8 Å². The number of anilines is 2. The third kappa shape index (κ3) is 5.07. The van der Waals surface area contributed by atoms with Crippen molar-refractivity contribution in [1.82, 2.24) is 0 Å². The summed E-state index contributed by atoms with van der Waals surface area (Å²) >= 11 is 0. The number of ether oxygens (including phenoxy) is 1. The highest BCUT2D eigenvalue weighted by Crippen LogP contribution is 2.37. The number of aryl methyl sites for hydroxylation is 2. The van der Waals surface area contributed by atoms with Gasteiger partial charge >= 0.3 is 5.97 Å². The first kappa shape index (κ1) is 25.3. The first-order chi connectivity index (χ1) is 16.0. The number of sulfonamides is 2. The fourth-order valence-electron chi connectivity index (χ4n) is 3.69. The molecule has 0 aliphatic rings. The summed E-state index contributed by atoms with van der Waals surface area (Å²) in [6, 6.07) is 17.2. The van der Waals surface area contributed by atoms with Gasteiger partial charge in [-0.2, -0.15) is 0 Å². The van der Waals surface area contributed by atoms with Gasteiger partial charge in [0.15, 0.2) is 0 Å². The van der Waals surface area contributed by atoms with Crippen molar-refractivity contribution in [3.8, 4) is 0 Å². The van der Waals surface area contributed by atoms with E-state index in [9.17, 15) is 21.6 Å². The van der Waals surface area contributed by atoms with Gasteiger partial charge in [-0.15, -0.1) is 0 Å². The molecule has 0 saturated carbocycles. The summed E-state index contributed by atoms with van der Waals surface area (Å²) in [5.41, 5.74) is 1.96. The molecule has 0 atom stereocenters. The summed E-state index contributed by atoms with van der Waals surface area (Å²) in [4.78, 5) is 12.3. The van der Waals surface area contributed by atoms with E-state index in [2.05, 4.69) is 4.72 Å². The maximum Gasteiger partial charge on any atom is 0.326 e. The summed E-state index contributed by atoms with van der Waals surface area (Å²) in [6.45, 7) is 4.46. The number of benzene rings is 3. The predicted molar refractivity (Wildman–Crippen MR) is 131 cm³/mol. The molecule has 3 aromatic carbocycles. The molecular weight excluding hydrogens is 476 g/mol. The molecule has 0 aliphatic carbocycles. The standard InChI is InChI=1S/C24H26N2O6S2/c1-17-15-18(2)24(19(3)23(17)25-33(28,29)20-11-7-5-8-12-20)26(16-22(27)32-4)34(30,31)21-13-9-6-10-14-21/h5-15,25H,16H2,1-4H3. The Bertz CT molecular complexity index is 1400. The van der Waals surface area contributed by atoms with Gasteiger partial charge in [0.1, 0.15) is 6.54 Å². The molecule has 0 aliphatic heterocycles. The summed E-state index contributed by atoms with van der Waals surface area (Å²) < 4.78 is 61.4. The Morgan fingerprint density at radius 2 is 1.38 bits per heavy atom. The molecule has 0 amide bonds. The van der Waals surface area contributed by atoms with Crippen LogP contribution in [-0.2, 0) is 29.6 Å². The number of rotatable bonds is 8. The van der Waals surface area contributed by atoms with E-state index < -0.39 is 32.6 Å². The van der Waals surface area contributed by atoms with Crippen molar-refractivity contribution in [2.24, 2.45) is 0 Å². The summed E-state index contributed by atoms with van der Waals surface area (Å²) in [5, 5.41) is 0. The van der Waals surface area contributed by atoms with Gasteiger partial charge < -0.3 is 4.74 Å². The lowest BCUT2D eigenvalue weighted by Gasteiger charge is -2.28. The third-order valence-corrected chi connectivity index (χ3v) is 8.43. The molecule has 10 heteroatoms. The molecule has 0 saturated heterocycles. The summed E-state index contributed by atoms with van der Waals surface area (Å²) in [6.07, 6.45) is 0. The first-order valence-electron chi connectivity index (χ1n) is 10.3. The van der Waals surface area contributed by atoms with Crippen molar-refractivity contribution in [1.29, 1.82) is 0 Å². The second kappa shape index (κ2) is 9.86. The van der Waals surface area contributed by atoms with E-state index in [1.54, 1.807) is 63.2 Å². The van der Waals surface area contributed by atoms with Crippen LogP contribution in [-0.4, -0.2) is 36.5 Å². The van der Waals surface area contributed by atoms with Crippen LogP contribution in [0.2, 0.25) is 0 Å². The third-order valence-electron chi connectivity index (χ3n) is 5.30. The fourth-order valence-corrected chi connectivity index (χ4v) is 6.46. The van der Waals surface area contributed by atoms with Crippen molar-refractivity contribution in [3.05, 3.63) is 83.4 Å². The Kier molecular flexibility index (Phi) is 7.32. The van der Waals surface area contributed by atoms with E-state index in [-0.39, 0.29) is 21.2 Å². The van der Waals surface area contributed by atoms with Crippen molar-refractivity contribution in [3.63, 3.8) is 0 Å². The molecule has 0 unspecified atom stereocenters. The summed E-state index contributed by atoms with van der Waals surface area (Å²) in [7, 11) is -6.94. The zero-order valence-corrected chi connectivity index (χ0v) is 20.9. The number of nitrogens with zero attached hydrogens (tertiary/aromatic N) is 1. The van der Waals surface area contributed by atoms with Gasteiger partial charge in [-0.1, -0.05) is 42.5 Å². The Morgan fingerprint density at radius 1 is 0.853 bits per heavy atom. The van der Waals surface area contributed by atoms with Crippen LogP contribution in [0.3, 0.4) is 0 Å². The highest BCUT2D eigenvalue weighted by molar-refractivity contribution is 7.93. The molecule has 0 bridgehead atoms. The molecule has 0 fully saturated rings. The van der Waals surface area contributed by atoms with Crippen LogP contribution in [0.4, 0.5) is 11.4 Å². The molecule has 1 N–H and O–H groups in total. The molecule has 0 heterocycles. The molecule has 0 radical (unpaired) electrons. The van der Waals surface area contributed by atoms with Crippen LogP contribution in [0.5, 0.6) is 0 Å². The lowest BCUT2D eigenvalue weighted by Crippen LogP contribution is -2.37. The number of nitrogens with one attached hydrogen (secondary N) is 1. The molecule has 0 spiro atoms. The monoisotopic (exact) mass is 502 g/mol. The van der Waals surface area contributed by atoms with Crippen LogP contribution in [0.25, 0.3) is 0 Å². The van der Waals surface area contributed by atoms with E-state index in [0.717, 1.165) is 4.31 Å². The molecule has 0 aromatic heterocycles. The van der Waals surface area contributed by atoms with Gasteiger partial charge in [0.05, 0.1) is 28.3 Å². The molecule has 8 nitrogen and oxygen atoms in total. The maximum atomic E-state index is 13.6. The molecule has 3 aromatic rings. The van der Waals surface area contributed by atoms with E-state index in [4.69, 9.17) is 4.74 Å². The normalized spacial score (nSPS) is 11.6. The van der Waals surface area contributed by atoms with Gasteiger partial charge in [0, 0.05) is 0 Å². The smallest absolute Gasteiger partial charge is 0.326 e. The Morgan fingerprint density at radius 3 is 1.91 bits per heavy atom. The van der Waals surface area contributed by atoms with Crippen molar-refractivity contribution < 1.29 is 26.4 Å². The zero-order chi connectivity index (χ0) is 25.1. The number of carbonyl (C=O) groups is 1. The molecule has 180 valence electrons. The highest BCUT2D eigenvalue weighted by Gasteiger charge is 2.31. The quantitative estimate of drug-likeness (QED) is 0.470. The van der Waals surface area contributed by atoms with Gasteiger partial charge in [0.25, 0.3) is 20.0 Å². The first-order valence-corrected chi connectivity index (χ1v) is 13.2. The Balaban J connectivity index is 2.20. The van der Waals surface area contributed by atoms with Crippen LogP contribution >= 0.6 is 0 Å². The van der Waals surface area contributed by atoms with Crippen LogP contribution in [0, 0.1) is 20.8 Å². The maximum absolute atomic E-state index is 13.6. The molecule has 3 rings (SSSR count). The van der Waals surface area contributed by atoms with E-state index in [1.165, 1.54) is 31.4 Å².